The number of nitrogens with two attached hydrogens (primary N) is 1. The highest BCUT2D eigenvalue weighted by Crippen LogP contribution is 2.28. The molecule has 5 nitrogen and oxygen atoms in total. The van der Waals surface area contributed by atoms with Crippen LogP contribution in [0, 0.1) is 0 Å². The summed E-state index contributed by atoms with van der Waals surface area (Å²) in [5.41, 5.74) is 5.79. The molecule has 0 aromatic carbocycles. The average Bonchev–Trinajstić information content (AvgIpc) is 2.25. The maximum absolute atomic E-state index is 5.65. The number of aromatic nitrogens is 2. The van der Waals surface area contributed by atoms with E-state index in [1.54, 1.807) is 6.20 Å². The van der Waals surface area contributed by atoms with Crippen molar-refractivity contribution >= 4 is 27.7 Å². The van der Waals surface area contributed by atoms with E-state index in [0.29, 0.717) is 5.95 Å². The van der Waals surface area contributed by atoms with Crippen molar-refractivity contribution in [2.75, 3.05) is 37.3 Å². The van der Waals surface area contributed by atoms with Crippen LogP contribution in [0.1, 0.15) is 13.8 Å². The van der Waals surface area contributed by atoms with Gasteiger partial charge < -0.3 is 10.6 Å². The lowest BCUT2D eigenvalue weighted by Crippen LogP contribution is -2.58. The third-order valence-corrected chi connectivity index (χ3v) is 3.92. The van der Waals surface area contributed by atoms with Gasteiger partial charge in [0.15, 0.2) is 0 Å². The van der Waals surface area contributed by atoms with E-state index in [4.69, 9.17) is 5.73 Å². The zero-order valence-corrected chi connectivity index (χ0v) is 12.0. The van der Waals surface area contributed by atoms with Crippen molar-refractivity contribution in [2.24, 2.45) is 0 Å². The number of likely N-dealkylation sites (N-methyl/N-ethyl adjacent to an activating group) is 1. The molecule has 1 aliphatic rings. The minimum absolute atomic E-state index is 0.136. The SMILES string of the molecule is CN1CCN(c2nc(N)ncc2Br)CC1(C)C. The molecule has 0 bridgehead atoms. The predicted molar refractivity (Wildman–Crippen MR) is 73.1 cm³/mol. The van der Waals surface area contributed by atoms with Gasteiger partial charge in [-0.15, -0.1) is 0 Å². The molecule has 0 unspecified atom stereocenters. The number of nitrogen functional groups attached to an aromatic ring is 1. The highest BCUT2D eigenvalue weighted by atomic mass is 79.9. The van der Waals surface area contributed by atoms with Crippen LogP contribution in [0.3, 0.4) is 0 Å². The molecule has 2 rings (SSSR count). The summed E-state index contributed by atoms with van der Waals surface area (Å²) in [7, 11) is 2.15. The molecule has 1 aromatic heterocycles. The molecular formula is C11H18BrN5. The van der Waals surface area contributed by atoms with Crippen molar-refractivity contribution in [1.29, 1.82) is 0 Å². The standard InChI is InChI=1S/C11H18BrN5/c1-11(2)7-17(5-4-16(11)3)9-8(12)6-14-10(13)15-9/h6H,4-5,7H2,1-3H3,(H2,13,14,15). The largest absolute Gasteiger partial charge is 0.368 e. The van der Waals surface area contributed by atoms with Crippen molar-refractivity contribution in [3.8, 4) is 0 Å². The molecule has 2 heterocycles. The number of piperazine rings is 1. The first kappa shape index (κ1) is 12.6. The van der Waals surface area contributed by atoms with E-state index < -0.39 is 0 Å². The number of nitrogens with zero attached hydrogens (tertiary/aromatic N) is 4. The quantitative estimate of drug-likeness (QED) is 0.848. The van der Waals surface area contributed by atoms with Gasteiger partial charge in [0.05, 0.1) is 4.47 Å². The summed E-state index contributed by atoms with van der Waals surface area (Å²) >= 11 is 3.48. The molecule has 1 aliphatic heterocycles. The highest BCUT2D eigenvalue weighted by Gasteiger charge is 2.32. The second-order valence-electron chi connectivity index (χ2n) is 5.06. The molecule has 1 saturated heterocycles. The molecule has 0 spiro atoms. The van der Waals surface area contributed by atoms with E-state index >= 15 is 0 Å². The van der Waals surface area contributed by atoms with Gasteiger partial charge in [-0.05, 0) is 36.8 Å². The van der Waals surface area contributed by atoms with Gasteiger partial charge in [-0.25, -0.2) is 4.98 Å². The summed E-state index contributed by atoms with van der Waals surface area (Å²) in [5, 5.41) is 0. The van der Waals surface area contributed by atoms with Gasteiger partial charge >= 0.3 is 0 Å². The third kappa shape index (κ3) is 2.52. The van der Waals surface area contributed by atoms with Gasteiger partial charge in [0.1, 0.15) is 5.82 Å². The molecular weight excluding hydrogens is 282 g/mol. The molecule has 0 radical (unpaired) electrons. The topological polar surface area (TPSA) is 58.3 Å². The number of rotatable bonds is 1. The van der Waals surface area contributed by atoms with Gasteiger partial charge in [-0.3, -0.25) is 4.90 Å². The molecule has 6 heteroatoms. The van der Waals surface area contributed by atoms with Gasteiger partial charge in [-0.2, -0.15) is 4.98 Å². The van der Waals surface area contributed by atoms with Crippen LogP contribution in [0.2, 0.25) is 0 Å². The van der Waals surface area contributed by atoms with Gasteiger partial charge in [-0.1, -0.05) is 0 Å². The fourth-order valence-electron chi connectivity index (χ4n) is 2.01. The summed E-state index contributed by atoms with van der Waals surface area (Å²) in [4.78, 5) is 12.9. The monoisotopic (exact) mass is 299 g/mol. The molecule has 0 amide bonds. The number of hydrogen-bond acceptors (Lipinski definition) is 5. The van der Waals surface area contributed by atoms with E-state index in [-0.39, 0.29) is 5.54 Å². The maximum atomic E-state index is 5.65. The lowest BCUT2D eigenvalue weighted by Gasteiger charge is -2.45. The number of hydrogen-bond donors (Lipinski definition) is 1. The molecule has 1 aromatic rings. The average molecular weight is 300 g/mol. The number of anilines is 2. The highest BCUT2D eigenvalue weighted by molar-refractivity contribution is 9.10. The van der Waals surface area contributed by atoms with Crippen molar-refractivity contribution in [1.82, 2.24) is 14.9 Å². The van der Waals surface area contributed by atoms with Crippen molar-refractivity contribution in [2.45, 2.75) is 19.4 Å². The zero-order chi connectivity index (χ0) is 12.6. The van der Waals surface area contributed by atoms with Crippen molar-refractivity contribution < 1.29 is 0 Å². The molecule has 0 saturated carbocycles. The van der Waals surface area contributed by atoms with Gasteiger partial charge in [0.25, 0.3) is 0 Å². The van der Waals surface area contributed by atoms with Gasteiger partial charge in [0.2, 0.25) is 5.95 Å². The normalized spacial score (nSPS) is 20.6. The minimum atomic E-state index is 0.136. The first-order chi connectivity index (χ1) is 7.90. The van der Waals surface area contributed by atoms with Crippen LogP contribution >= 0.6 is 15.9 Å². The van der Waals surface area contributed by atoms with E-state index in [2.05, 4.69) is 56.6 Å². The molecule has 1 fully saturated rings. The zero-order valence-electron chi connectivity index (χ0n) is 10.4. The molecule has 94 valence electrons. The summed E-state index contributed by atoms with van der Waals surface area (Å²) < 4.78 is 0.895. The van der Waals surface area contributed by atoms with Crippen LogP contribution in [0.25, 0.3) is 0 Å². The van der Waals surface area contributed by atoms with Crippen LogP contribution in [0.5, 0.6) is 0 Å². The summed E-state index contributed by atoms with van der Waals surface area (Å²) in [6.07, 6.45) is 1.71. The predicted octanol–water partition coefficient (Wildman–Crippen LogP) is 1.35. The van der Waals surface area contributed by atoms with Crippen LogP contribution in [0.15, 0.2) is 10.7 Å². The Bertz CT molecular complexity index is 420. The maximum Gasteiger partial charge on any atom is 0.222 e. The third-order valence-electron chi connectivity index (χ3n) is 3.36. The Morgan fingerprint density at radius 1 is 1.41 bits per heavy atom. The smallest absolute Gasteiger partial charge is 0.222 e. The van der Waals surface area contributed by atoms with E-state index in [9.17, 15) is 0 Å². The molecule has 0 aliphatic carbocycles. The number of halogens is 1. The van der Waals surface area contributed by atoms with Crippen molar-refractivity contribution in [3.05, 3.63) is 10.7 Å². The van der Waals surface area contributed by atoms with Gasteiger partial charge in [0, 0.05) is 31.4 Å². The van der Waals surface area contributed by atoms with Crippen LogP contribution in [0.4, 0.5) is 11.8 Å². The van der Waals surface area contributed by atoms with Crippen LogP contribution < -0.4 is 10.6 Å². The Balaban J connectivity index is 2.26. The summed E-state index contributed by atoms with van der Waals surface area (Å²) in [6, 6.07) is 0. The fourth-order valence-corrected chi connectivity index (χ4v) is 2.46. The van der Waals surface area contributed by atoms with E-state index in [1.165, 1.54) is 0 Å². The molecule has 17 heavy (non-hydrogen) atoms. The van der Waals surface area contributed by atoms with Crippen molar-refractivity contribution in [3.63, 3.8) is 0 Å². The Hall–Kier alpha value is -0.880. The van der Waals surface area contributed by atoms with Crippen LogP contribution in [-0.2, 0) is 0 Å². The Kier molecular flexibility index (Phi) is 3.27. The minimum Gasteiger partial charge on any atom is -0.368 e. The Morgan fingerprint density at radius 2 is 2.12 bits per heavy atom. The first-order valence-corrected chi connectivity index (χ1v) is 6.44. The Morgan fingerprint density at radius 3 is 2.76 bits per heavy atom. The lowest BCUT2D eigenvalue weighted by atomic mass is 10.00. The summed E-state index contributed by atoms with van der Waals surface area (Å²) in [5.74, 6) is 1.21. The summed E-state index contributed by atoms with van der Waals surface area (Å²) in [6.45, 7) is 7.37. The second-order valence-corrected chi connectivity index (χ2v) is 5.91. The lowest BCUT2D eigenvalue weighted by molar-refractivity contribution is 0.138. The van der Waals surface area contributed by atoms with E-state index in [0.717, 1.165) is 29.9 Å². The van der Waals surface area contributed by atoms with E-state index in [1.807, 2.05) is 0 Å². The molecule has 2 N–H and O–H groups in total. The fraction of sp³-hybridized carbons (Fsp3) is 0.636. The second kappa shape index (κ2) is 4.42. The Labute approximate surface area is 110 Å². The van der Waals surface area contributed by atoms with Crippen LogP contribution in [-0.4, -0.2) is 47.1 Å². The first-order valence-electron chi connectivity index (χ1n) is 5.64. The molecule has 0 atom stereocenters.